The third-order valence-corrected chi connectivity index (χ3v) is 6.71. The van der Waals surface area contributed by atoms with Gasteiger partial charge in [0.05, 0.1) is 0 Å². The zero-order valence-electron chi connectivity index (χ0n) is 18.7. The molecule has 5 rings (SSSR count). The molecule has 0 bridgehead atoms. The van der Waals surface area contributed by atoms with Crippen molar-refractivity contribution in [1.82, 2.24) is 10.3 Å². The number of piperidine rings is 1. The molecule has 0 saturated carbocycles. The fraction of sp³-hybridized carbons (Fsp3) is 0.308. The monoisotopic (exact) mass is 476 g/mol. The average molecular weight is 477 g/mol. The van der Waals surface area contributed by atoms with E-state index in [-0.39, 0.29) is 23.6 Å². The van der Waals surface area contributed by atoms with E-state index < -0.39 is 0 Å². The molecular weight excluding hydrogens is 452 g/mol. The number of nitrogens with one attached hydrogen (secondary N) is 1. The Morgan fingerprint density at radius 3 is 2.50 bits per heavy atom. The standard InChI is InChI=1S/C26H25ClN4O3/c27-23-13-18-4-5-19(12-20(18)15-28-23)26(34)29-14-17-11-25(33)31(16-17)22-8-6-21(7-9-22)30-10-2-1-3-24(30)32/h4-9,12-13,15,17H,1-3,10-11,14,16H2,(H,29,34). The predicted octanol–water partition coefficient (Wildman–Crippen LogP) is 4.19. The smallest absolute Gasteiger partial charge is 0.251 e. The van der Waals surface area contributed by atoms with E-state index in [1.54, 1.807) is 29.3 Å². The highest BCUT2D eigenvalue weighted by atomic mass is 35.5. The molecule has 2 aromatic carbocycles. The van der Waals surface area contributed by atoms with Gasteiger partial charge in [0, 0.05) is 66.9 Å². The molecule has 34 heavy (non-hydrogen) atoms. The molecule has 1 unspecified atom stereocenters. The first-order valence-electron chi connectivity index (χ1n) is 11.5. The van der Waals surface area contributed by atoms with E-state index in [9.17, 15) is 14.4 Å². The summed E-state index contributed by atoms with van der Waals surface area (Å²) < 4.78 is 0. The van der Waals surface area contributed by atoms with Crippen molar-refractivity contribution in [1.29, 1.82) is 0 Å². The number of benzene rings is 2. The second-order valence-corrected chi connectivity index (χ2v) is 9.26. The quantitative estimate of drug-likeness (QED) is 0.560. The van der Waals surface area contributed by atoms with Gasteiger partial charge in [0.15, 0.2) is 0 Å². The summed E-state index contributed by atoms with van der Waals surface area (Å²) in [6, 6.07) is 14.7. The number of halogens is 1. The fourth-order valence-electron chi connectivity index (χ4n) is 4.65. The number of anilines is 2. The SMILES string of the molecule is O=C(NCC1CC(=O)N(c2ccc(N3CCCCC3=O)cc2)C1)c1ccc2cc(Cl)ncc2c1. The van der Waals surface area contributed by atoms with Gasteiger partial charge in [-0.3, -0.25) is 14.4 Å². The van der Waals surface area contributed by atoms with Crippen LogP contribution < -0.4 is 15.1 Å². The number of nitrogens with zero attached hydrogens (tertiary/aromatic N) is 3. The molecule has 1 atom stereocenters. The van der Waals surface area contributed by atoms with E-state index in [2.05, 4.69) is 10.3 Å². The second-order valence-electron chi connectivity index (χ2n) is 8.87. The van der Waals surface area contributed by atoms with Gasteiger partial charge in [-0.25, -0.2) is 4.98 Å². The molecule has 1 N–H and O–H groups in total. The molecule has 2 saturated heterocycles. The molecule has 1 aromatic heterocycles. The van der Waals surface area contributed by atoms with Crippen molar-refractivity contribution in [3.05, 3.63) is 65.4 Å². The van der Waals surface area contributed by atoms with Crippen LogP contribution in [-0.2, 0) is 9.59 Å². The molecule has 0 radical (unpaired) electrons. The highest BCUT2D eigenvalue weighted by Gasteiger charge is 2.31. The summed E-state index contributed by atoms with van der Waals surface area (Å²) in [6.45, 7) is 1.70. The third-order valence-electron chi connectivity index (χ3n) is 6.50. The Kier molecular flexibility index (Phi) is 6.20. The lowest BCUT2D eigenvalue weighted by Gasteiger charge is -2.27. The molecule has 3 aromatic rings. The molecule has 2 aliphatic heterocycles. The van der Waals surface area contributed by atoms with Crippen molar-refractivity contribution in [2.24, 2.45) is 5.92 Å². The first kappa shape index (κ1) is 22.3. The van der Waals surface area contributed by atoms with Gasteiger partial charge < -0.3 is 15.1 Å². The van der Waals surface area contributed by atoms with E-state index in [4.69, 9.17) is 11.6 Å². The van der Waals surface area contributed by atoms with Crippen LogP contribution >= 0.6 is 11.6 Å². The van der Waals surface area contributed by atoms with E-state index >= 15 is 0 Å². The van der Waals surface area contributed by atoms with Crippen molar-refractivity contribution >= 4 is 51.5 Å². The van der Waals surface area contributed by atoms with Gasteiger partial charge in [0.2, 0.25) is 11.8 Å². The maximum absolute atomic E-state index is 12.7. The van der Waals surface area contributed by atoms with Gasteiger partial charge in [0.25, 0.3) is 5.91 Å². The van der Waals surface area contributed by atoms with Gasteiger partial charge in [-0.15, -0.1) is 0 Å². The van der Waals surface area contributed by atoms with E-state index in [1.807, 2.05) is 35.2 Å². The Bertz CT molecular complexity index is 1260. The molecular formula is C26H25ClN4O3. The van der Waals surface area contributed by atoms with Crippen LogP contribution in [0.4, 0.5) is 11.4 Å². The van der Waals surface area contributed by atoms with Gasteiger partial charge in [-0.1, -0.05) is 17.7 Å². The highest BCUT2D eigenvalue weighted by molar-refractivity contribution is 6.30. The molecule has 3 amide bonds. The van der Waals surface area contributed by atoms with Crippen LogP contribution in [0.15, 0.2) is 54.7 Å². The van der Waals surface area contributed by atoms with E-state index in [0.29, 0.717) is 36.6 Å². The highest BCUT2D eigenvalue weighted by Crippen LogP contribution is 2.28. The van der Waals surface area contributed by atoms with E-state index in [1.165, 1.54) is 0 Å². The number of rotatable bonds is 5. The first-order chi connectivity index (χ1) is 16.5. The minimum absolute atomic E-state index is 0.0285. The van der Waals surface area contributed by atoms with Crippen LogP contribution in [0.2, 0.25) is 5.15 Å². The number of fused-ring (bicyclic) bond motifs is 1. The number of hydrogen-bond donors (Lipinski definition) is 1. The molecule has 7 nitrogen and oxygen atoms in total. The van der Waals surface area contributed by atoms with Crippen molar-refractivity contribution < 1.29 is 14.4 Å². The number of amides is 3. The molecule has 8 heteroatoms. The Hall–Kier alpha value is -3.45. The van der Waals surface area contributed by atoms with Gasteiger partial charge in [0.1, 0.15) is 5.15 Å². The maximum atomic E-state index is 12.7. The van der Waals surface area contributed by atoms with Crippen LogP contribution in [0.3, 0.4) is 0 Å². The summed E-state index contributed by atoms with van der Waals surface area (Å²) in [4.78, 5) is 45.1. The Balaban J connectivity index is 1.19. The molecule has 0 spiro atoms. The summed E-state index contributed by atoms with van der Waals surface area (Å²) >= 11 is 5.92. The normalized spacial score (nSPS) is 18.6. The average Bonchev–Trinajstić information content (AvgIpc) is 3.23. The van der Waals surface area contributed by atoms with Crippen LogP contribution in [-0.4, -0.2) is 42.3 Å². The van der Waals surface area contributed by atoms with Crippen molar-refractivity contribution in [2.45, 2.75) is 25.7 Å². The fourth-order valence-corrected chi connectivity index (χ4v) is 4.82. The van der Waals surface area contributed by atoms with Crippen LogP contribution in [0.25, 0.3) is 10.8 Å². The third kappa shape index (κ3) is 4.61. The maximum Gasteiger partial charge on any atom is 0.251 e. The van der Waals surface area contributed by atoms with Gasteiger partial charge in [-0.05, 0) is 60.7 Å². The first-order valence-corrected chi connectivity index (χ1v) is 11.9. The molecule has 2 fully saturated rings. The number of carbonyl (C=O) groups excluding carboxylic acids is 3. The number of aromatic nitrogens is 1. The zero-order chi connectivity index (χ0) is 23.7. The number of hydrogen-bond acceptors (Lipinski definition) is 4. The number of pyridine rings is 1. The van der Waals surface area contributed by atoms with Crippen molar-refractivity contribution in [2.75, 3.05) is 29.4 Å². The number of carbonyl (C=O) groups is 3. The summed E-state index contributed by atoms with van der Waals surface area (Å²) in [5.41, 5.74) is 2.23. The molecule has 174 valence electrons. The largest absolute Gasteiger partial charge is 0.352 e. The predicted molar refractivity (Wildman–Crippen MR) is 132 cm³/mol. The van der Waals surface area contributed by atoms with Crippen LogP contribution in [0.1, 0.15) is 36.0 Å². The van der Waals surface area contributed by atoms with Crippen LogP contribution in [0, 0.1) is 5.92 Å². The van der Waals surface area contributed by atoms with E-state index in [0.717, 1.165) is 41.5 Å². The summed E-state index contributed by atoms with van der Waals surface area (Å²) in [7, 11) is 0. The summed E-state index contributed by atoms with van der Waals surface area (Å²) in [5.74, 6) is 0.0345. The zero-order valence-corrected chi connectivity index (χ0v) is 19.4. The lowest BCUT2D eigenvalue weighted by atomic mass is 10.1. The van der Waals surface area contributed by atoms with Gasteiger partial charge in [-0.2, -0.15) is 0 Å². The van der Waals surface area contributed by atoms with Crippen LogP contribution in [0.5, 0.6) is 0 Å². The summed E-state index contributed by atoms with van der Waals surface area (Å²) in [6.07, 6.45) is 4.57. The Morgan fingerprint density at radius 2 is 1.74 bits per heavy atom. The molecule has 2 aliphatic rings. The molecule has 0 aliphatic carbocycles. The Morgan fingerprint density at radius 1 is 0.971 bits per heavy atom. The topological polar surface area (TPSA) is 82.6 Å². The second kappa shape index (κ2) is 9.43. The van der Waals surface area contributed by atoms with Crippen molar-refractivity contribution in [3.63, 3.8) is 0 Å². The minimum Gasteiger partial charge on any atom is -0.352 e. The summed E-state index contributed by atoms with van der Waals surface area (Å²) in [5, 5.41) is 5.13. The lowest BCUT2D eigenvalue weighted by Crippen LogP contribution is -2.35. The Labute approximate surface area is 202 Å². The van der Waals surface area contributed by atoms with Gasteiger partial charge >= 0.3 is 0 Å². The minimum atomic E-state index is -0.182. The molecule has 3 heterocycles. The lowest BCUT2D eigenvalue weighted by molar-refractivity contribution is -0.119. The van der Waals surface area contributed by atoms with Crippen molar-refractivity contribution in [3.8, 4) is 0 Å².